The van der Waals surface area contributed by atoms with E-state index in [2.05, 4.69) is 0 Å². The monoisotopic (exact) mass is 441 g/mol. The first kappa shape index (κ1) is 22.3. The highest BCUT2D eigenvalue weighted by Gasteiger charge is 2.47. The smallest absolute Gasteiger partial charge is 0.300 e. The number of aliphatic hydroxyl groups excluding tert-OH is 1. The van der Waals surface area contributed by atoms with Gasteiger partial charge >= 0.3 is 0 Å². The first-order valence-corrected chi connectivity index (χ1v) is 11.0. The quantitative estimate of drug-likeness (QED) is 0.313. The van der Waals surface area contributed by atoms with E-state index in [0.717, 1.165) is 16.7 Å². The Balaban J connectivity index is 1.92. The van der Waals surface area contributed by atoms with Crippen LogP contribution < -0.4 is 9.64 Å². The number of carbonyl (C=O) groups is 2. The van der Waals surface area contributed by atoms with Crippen LogP contribution in [0.4, 0.5) is 5.69 Å². The van der Waals surface area contributed by atoms with Gasteiger partial charge < -0.3 is 9.84 Å². The molecule has 1 amide bonds. The topological polar surface area (TPSA) is 66.8 Å². The summed E-state index contributed by atoms with van der Waals surface area (Å²) in [5, 5.41) is 11.3. The molecular formula is C28H27NO4. The van der Waals surface area contributed by atoms with Gasteiger partial charge in [0, 0.05) is 11.3 Å². The van der Waals surface area contributed by atoms with Gasteiger partial charge in [-0.05, 0) is 63.1 Å². The summed E-state index contributed by atoms with van der Waals surface area (Å²) in [5.41, 5.74) is 3.85. The normalized spacial score (nSPS) is 17.6. The Morgan fingerprint density at radius 1 is 0.939 bits per heavy atom. The summed E-state index contributed by atoms with van der Waals surface area (Å²) < 4.78 is 5.75. The molecule has 3 aromatic carbocycles. The molecule has 1 unspecified atom stereocenters. The lowest BCUT2D eigenvalue weighted by Crippen LogP contribution is -2.29. The highest BCUT2D eigenvalue weighted by molar-refractivity contribution is 6.51. The predicted octanol–water partition coefficient (Wildman–Crippen LogP) is 5.72. The molecule has 1 aliphatic heterocycles. The van der Waals surface area contributed by atoms with Crippen LogP contribution >= 0.6 is 0 Å². The number of ketones is 1. The summed E-state index contributed by atoms with van der Waals surface area (Å²) in [6.45, 7) is 7.72. The molecule has 1 heterocycles. The van der Waals surface area contributed by atoms with Crippen LogP contribution in [-0.4, -0.2) is 22.9 Å². The summed E-state index contributed by atoms with van der Waals surface area (Å²) in [4.78, 5) is 28.0. The van der Waals surface area contributed by atoms with E-state index >= 15 is 0 Å². The van der Waals surface area contributed by atoms with E-state index in [1.54, 1.807) is 24.3 Å². The van der Waals surface area contributed by atoms with Crippen LogP contribution in [0.1, 0.15) is 42.1 Å². The fourth-order valence-electron chi connectivity index (χ4n) is 4.14. The van der Waals surface area contributed by atoms with Crippen LogP contribution in [0.3, 0.4) is 0 Å². The van der Waals surface area contributed by atoms with Gasteiger partial charge in [0.1, 0.15) is 11.5 Å². The van der Waals surface area contributed by atoms with Crippen LogP contribution in [0.2, 0.25) is 0 Å². The third-order valence-corrected chi connectivity index (χ3v) is 5.72. The standard InChI is InChI=1S/C28H27NO4/c1-17(2)33-22-10-7-9-20(16-22)26(30)24-25(23-11-6-5-8-19(23)4)29(28(32)27(24)31)21-14-12-18(3)13-15-21/h5-17,25,30H,1-4H3/b26-24+. The number of aliphatic hydroxyl groups is 1. The lowest BCUT2D eigenvalue weighted by atomic mass is 9.92. The van der Waals surface area contributed by atoms with Gasteiger partial charge in [0.2, 0.25) is 0 Å². The first-order chi connectivity index (χ1) is 15.8. The van der Waals surface area contributed by atoms with Crippen molar-refractivity contribution in [2.45, 2.75) is 39.8 Å². The SMILES string of the molecule is Cc1ccc(N2C(=O)C(=O)/C(=C(/O)c3cccc(OC(C)C)c3)C2c2ccccc2C)cc1. The Labute approximate surface area is 193 Å². The van der Waals surface area contributed by atoms with E-state index in [9.17, 15) is 14.7 Å². The second kappa shape index (κ2) is 8.94. The molecule has 33 heavy (non-hydrogen) atoms. The molecule has 1 saturated heterocycles. The van der Waals surface area contributed by atoms with Gasteiger partial charge in [-0.2, -0.15) is 0 Å². The van der Waals surface area contributed by atoms with Gasteiger partial charge in [-0.1, -0.05) is 54.1 Å². The third-order valence-electron chi connectivity index (χ3n) is 5.72. The number of benzene rings is 3. The highest BCUT2D eigenvalue weighted by Crippen LogP contribution is 2.43. The van der Waals surface area contributed by atoms with E-state index in [1.165, 1.54) is 4.90 Å². The Bertz CT molecular complexity index is 1240. The third kappa shape index (κ3) is 4.27. The average molecular weight is 442 g/mol. The lowest BCUT2D eigenvalue weighted by Gasteiger charge is -2.26. The summed E-state index contributed by atoms with van der Waals surface area (Å²) in [7, 11) is 0. The zero-order chi connectivity index (χ0) is 23.7. The number of aryl methyl sites for hydroxylation is 2. The van der Waals surface area contributed by atoms with Crippen LogP contribution in [0, 0.1) is 13.8 Å². The maximum absolute atomic E-state index is 13.3. The molecule has 0 bridgehead atoms. The number of amides is 1. The zero-order valence-electron chi connectivity index (χ0n) is 19.2. The zero-order valence-corrected chi connectivity index (χ0v) is 19.2. The molecule has 0 spiro atoms. The van der Waals surface area contributed by atoms with Crippen molar-refractivity contribution >= 4 is 23.1 Å². The molecule has 1 fully saturated rings. The number of nitrogens with zero attached hydrogens (tertiary/aromatic N) is 1. The molecule has 5 nitrogen and oxygen atoms in total. The molecule has 3 aromatic rings. The lowest BCUT2D eigenvalue weighted by molar-refractivity contribution is -0.132. The van der Waals surface area contributed by atoms with Crippen molar-refractivity contribution in [2.75, 3.05) is 4.90 Å². The molecule has 1 atom stereocenters. The Morgan fingerprint density at radius 3 is 2.30 bits per heavy atom. The molecule has 0 aromatic heterocycles. The van der Waals surface area contributed by atoms with Gasteiger partial charge in [-0.15, -0.1) is 0 Å². The van der Waals surface area contributed by atoms with E-state index in [1.807, 2.05) is 76.2 Å². The molecular weight excluding hydrogens is 414 g/mol. The van der Waals surface area contributed by atoms with Crippen molar-refractivity contribution in [1.29, 1.82) is 0 Å². The Morgan fingerprint density at radius 2 is 1.64 bits per heavy atom. The summed E-state index contributed by atoms with van der Waals surface area (Å²) in [6.07, 6.45) is -0.0403. The van der Waals surface area contributed by atoms with Gasteiger partial charge in [0.25, 0.3) is 11.7 Å². The van der Waals surface area contributed by atoms with Gasteiger partial charge in [-0.3, -0.25) is 14.5 Å². The number of hydrogen-bond donors (Lipinski definition) is 1. The fraction of sp³-hybridized carbons (Fsp3) is 0.214. The second-order valence-electron chi connectivity index (χ2n) is 8.56. The van der Waals surface area contributed by atoms with Crippen molar-refractivity contribution in [3.05, 3.63) is 101 Å². The van der Waals surface area contributed by atoms with Crippen LogP contribution in [0.15, 0.2) is 78.4 Å². The Kier molecular flexibility index (Phi) is 6.05. The summed E-state index contributed by atoms with van der Waals surface area (Å²) in [6, 6.07) is 21.2. The first-order valence-electron chi connectivity index (χ1n) is 11.0. The number of rotatable bonds is 5. The van der Waals surface area contributed by atoms with Gasteiger partial charge in [0.05, 0.1) is 17.7 Å². The molecule has 0 aliphatic carbocycles. The van der Waals surface area contributed by atoms with Crippen molar-refractivity contribution in [3.8, 4) is 5.75 Å². The van der Waals surface area contributed by atoms with Crippen molar-refractivity contribution < 1.29 is 19.4 Å². The molecule has 0 radical (unpaired) electrons. The highest BCUT2D eigenvalue weighted by atomic mass is 16.5. The molecule has 168 valence electrons. The van der Waals surface area contributed by atoms with Gasteiger partial charge in [0.15, 0.2) is 0 Å². The molecule has 4 rings (SSSR count). The number of ether oxygens (including phenoxy) is 1. The predicted molar refractivity (Wildman–Crippen MR) is 129 cm³/mol. The largest absolute Gasteiger partial charge is 0.507 e. The maximum atomic E-state index is 13.3. The van der Waals surface area contributed by atoms with E-state index < -0.39 is 17.7 Å². The van der Waals surface area contributed by atoms with Crippen LogP contribution in [0.5, 0.6) is 5.75 Å². The molecule has 5 heteroatoms. The summed E-state index contributed by atoms with van der Waals surface area (Å²) >= 11 is 0. The molecule has 1 aliphatic rings. The van der Waals surface area contributed by atoms with E-state index in [-0.39, 0.29) is 17.4 Å². The van der Waals surface area contributed by atoms with Crippen molar-refractivity contribution in [3.63, 3.8) is 0 Å². The second-order valence-corrected chi connectivity index (χ2v) is 8.56. The number of carbonyl (C=O) groups excluding carboxylic acids is 2. The average Bonchev–Trinajstić information content (AvgIpc) is 3.04. The molecule has 1 N–H and O–H groups in total. The molecule has 0 saturated carbocycles. The van der Waals surface area contributed by atoms with Crippen molar-refractivity contribution in [2.24, 2.45) is 0 Å². The minimum Gasteiger partial charge on any atom is -0.507 e. The van der Waals surface area contributed by atoms with Crippen LogP contribution in [-0.2, 0) is 9.59 Å². The minimum atomic E-state index is -0.747. The maximum Gasteiger partial charge on any atom is 0.300 e. The summed E-state index contributed by atoms with van der Waals surface area (Å²) in [5.74, 6) is -1.01. The number of Topliss-reactive ketones (excluding diaryl/α,β-unsaturated/α-hetero) is 1. The van der Waals surface area contributed by atoms with E-state index in [0.29, 0.717) is 17.0 Å². The number of hydrogen-bond acceptors (Lipinski definition) is 4. The minimum absolute atomic E-state index is 0.0403. The number of anilines is 1. The fourth-order valence-corrected chi connectivity index (χ4v) is 4.14. The van der Waals surface area contributed by atoms with Gasteiger partial charge in [-0.25, -0.2) is 0 Å². The Hall–Kier alpha value is -3.86. The van der Waals surface area contributed by atoms with Crippen LogP contribution in [0.25, 0.3) is 5.76 Å². The van der Waals surface area contributed by atoms with Crippen molar-refractivity contribution in [1.82, 2.24) is 0 Å². The van der Waals surface area contributed by atoms with E-state index in [4.69, 9.17) is 4.74 Å².